The van der Waals surface area contributed by atoms with Gasteiger partial charge in [0.1, 0.15) is 5.69 Å². The van der Waals surface area contributed by atoms with E-state index in [0.29, 0.717) is 12.1 Å². The molecule has 0 aliphatic heterocycles. The molecule has 0 radical (unpaired) electrons. The molecule has 2 rings (SSSR count). The van der Waals surface area contributed by atoms with Gasteiger partial charge in [0.2, 0.25) is 0 Å². The van der Waals surface area contributed by atoms with Gasteiger partial charge in [0.05, 0.1) is 5.69 Å². The SMILES string of the molecule is Cc1cc(CC(C)NC(=O)c2nonc2C)n[nH]1. The van der Waals surface area contributed by atoms with Gasteiger partial charge in [0, 0.05) is 18.2 Å². The Balaban J connectivity index is 1.93. The van der Waals surface area contributed by atoms with Gasteiger partial charge in [-0.25, -0.2) is 4.63 Å². The molecule has 0 saturated carbocycles. The summed E-state index contributed by atoms with van der Waals surface area (Å²) in [7, 11) is 0. The molecule has 0 aliphatic rings. The molecule has 7 heteroatoms. The Morgan fingerprint density at radius 1 is 1.50 bits per heavy atom. The van der Waals surface area contributed by atoms with Crippen molar-refractivity contribution < 1.29 is 9.42 Å². The van der Waals surface area contributed by atoms with E-state index in [-0.39, 0.29) is 17.6 Å². The number of carbonyl (C=O) groups excluding carboxylic acids is 1. The normalized spacial score (nSPS) is 12.4. The van der Waals surface area contributed by atoms with Crippen LogP contribution in [0.3, 0.4) is 0 Å². The van der Waals surface area contributed by atoms with Gasteiger partial charge in [0.25, 0.3) is 5.91 Å². The first-order valence-electron chi connectivity index (χ1n) is 5.67. The summed E-state index contributed by atoms with van der Waals surface area (Å²) in [6.07, 6.45) is 0.653. The number of hydrogen-bond acceptors (Lipinski definition) is 5. The minimum absolute atomic E-state index is 0.0451. The molecule has 0 aromatic carbocycles. The lowest BCUT2D eigenvalue weighted by Crippen LogP contribution is -2.34. The molecule has 0 saturated heterocycles. The summed E-state index contributed by atoms with van der Waals surface area (Å²) in [5.74, 6) is -0.284. The highest BCUT2D eigenvalue weighted by Gasteiger charge is 2.17. The van der Waals surface area contributed by atoms with Gasteiger partial charge >= 0.3 is 0 Å². The van der Waals surface area contributed by atoms with Gasteiger partial charge in [0.15, 0.2) is 5.69 Å². The molecular weight excluding hydrogens is 234 g/mol. The number of aromatic nitrogens is 4. The van der Waals surface area contributed by atoms with Crippen LogP contribution in [0.2, 0.25) is 0 Å². The first-order valence-corrected chi connectivity index (χ1v) is 5.67. The number of amides is 1. The Morgan fingerprint density at radius 3 is 2.83 bits per heavy atom. The molecule has 2 aromatic rings. The average Bonchev–Trinajstić information content (AvgIpc) is 2.87. The molecule has 1 unspecified atom stereocenters. The fraction of sp³-hybridized carbons (Fsp3) is 0.455. The summed E-state index contributed by atoms with van der Waals surface area (Å²) >= 11 is 0. The second-order valence-electron chi connectivity index (χ2n) is 4.32. The summed E-state index contributed by atoms with van der Waals surface area (Å²) in [6, 6.07) is 1.90. The van der Waals surface area contributed by atoms with Gasteiger partial charge in [-0.3, -0.25) is 9.89 Å². The lowest BCUT2D eigenvalue weighted by molar-refractivity contribution is 0.0929. The van der Waals surface area contributed by atoms with Crippen molar-refractivity contribution >= 4 is 5.91 Å². The van der Waals surface area contributed by atoms with E-state index >= 15 is 0 Å². The number of aromatic amines is 1. The largest absolute Gasteiger partial charge is 0.348 e. The third-order valence-electron chi connectivity index (χ3n) is 2.52. The number of aryl methyl sites for hydroxylation is 2. The van der Waals surface area contributed by atoms with Crippen LogP contribution in [0.1, 0.15) is 34.5 Å². The van der Waals surface area contributed by atoms with Crippen molar-refractivity contribution in [3.8, 4) is 0 Å². The zero-order valence-electron chi connectivity index (χ0n) is 10.5. The maximum Gasteiger partial charge on any atom is 0.275 e. The van der Waals surface area contributed by atoms with Gasteiger partial charge in [-0.15, -0.1) is 0 Å². The first-order chi connectivity index (χ1) is 8.56. The second-order valence-corrected chi connectivity index (χ2v) is 4.32. The zero-order valence-corrected chi connectivity index (χ0v) is 10.5. The Kier molecular flexibility index (Phi) is 3.40. The van der Waals surface area contributed by atoms with Crippen LogP contribution in [-0.4, -0.2) is 32.5 Å². The lowest BCUT2D eigenvalue weighted by Gasteiger charge is -2.10. The fourth-order valence-corrected chi connectivity index (χ4v) is 1.67. The Labute approximate surface area is 104 Å². The molecule has 1 atom stereocenters. The van der Waals surface area contributed by atoms with Crippen LogP contribution >= 0.6 is 0 Å². The van der Waals surface area contributed by atoms with E-state index in [1.165, 1.54) is 0 Å². The van der Waals surface area contributed by atoms with Gasteiger partial charge in [-0.1, -0.05) is 5.16 Å². The van der Waals surface area contributed by atoms with Crippen LogP contribution in [0.15, 0.2) is 10.7 Å². The molecular formula is C11H15N5O2. The minimum Gasteiger partial charge on any atom is -0.348 e. The van der Waals surface area contributed by atoms with Crippen molar-refractivity contribution in [3.05, 3.63) is 28.8 Å². The highest BCUT2D eigenvalue weighted by Crippen LogP contribution is 2.04. The van der Waals surface area contributed by atoms with Crippen LogP contribution in [-0.2, 0) is 6.42 Å². The van der Waals surface area contributed by atoms with Gasteiger partial charge < -0.3 is 5.32 Å². The van der Waals surface area contributed by atoms with E-state index in [1.807, 2.05) is 19.9 Å². The third kappa shape index (κ3) is 2.73. The summed E-state index contributed by atoms with van der Waals surface area (Å²) in [5, 5.41) is 16.9. The molecule has 1 amide bonds. The van der Waals surface area contributed by atoms with E-state index < -0.39 is 0 Å². The lowest BCUT2D eigenvalue weighted by atomic mass is 10.1. The predicted octanol–water partition coefficient (Wildman–Crippen LogP) is 0.771. The fourth-order valence-electron chi connectivity index (χ4n) is 1.67. The summed E-state index contributed by atoms with van der Waals surface area (Å²) in [4.78, 5) is 11.8. The molecule has 0 fully saturated rings. The number of H-pyrrole nitrogens is 1. The maximum absolute atomic E-state index is 11.8. The standard InChI is InChI=1S/C11H15N5O2/c1-6(4-9-5-7(2)13-14-9)12-11(17)10-8(3)15-18-16-10/h5-6H,4H2,1-3H3,(H,12,17)(H,13,14). The van der Waals surface area contributed by atoms with Crippen molar-refractivity contribution in [3.63, 3.8) is 0 Å². The smallest absolute Gasteiger partial charge is 0.275 e. The summed E-state index contributed by atoms with van der Waals surface area (Å²) in [5.41, 5.74) is 2.62. The zero-order chi connectivity index (χ0) is 13.1. The van der Waals surface area contributed by atoms with E-state index in [4.69, 9.17) is 0 Å². The van der Waals surface area contributed by atoms with Gasteiger partial charge in [-0.05, 0) is 32.0 Å². The quantitative estimate of drug-likeness (QED) is 0.834. The summed E-state index contributed by atoms with van der Waals surface area (Å²) < 4.78 is 4.49. The Hall–Kier alpha value is -2.18. The molecule has 0 aliphatic carbocycles. The van der Waals surface area contributed by atoms with E-state index in [1.54, 1.807) is 6.92 Å². The van der Waals surface area contributed by atoms with E-state index in [2.05, 4.69) is 30.5 Å². The molecule has 18 heavy (non-hydrogen) atoms. The van der Waals surface area contributed by atoms with Crippen molar-refractivity contribution in [2.24, 2.45) is 0 Å². The number of nitrogens with zero attached hydrogens (tertiary/aromatic N) is 3. The number of rotatable bonds is 4. The van der Waals surface area contributed by atoms with Crippen molar-refractivity contribution in [2.45, 2.75) is 33.2 Å². The Bertz CT molecular complexity index is 545. The van der Waals surface area contributed by atoms with Crippen LogP contribution in [0.5, 0.6) is 0 Å². The second kappa shape index (κ2) is 4.99. The molecule has 7 nitrogen and oxygen atoms in total. The van der Waals surface area contributed by atoms with Crippen LogP contribution in [0.25, 0.3) is 0 Å². The molecule has 0 spiro atoms. The third-order valence-corrected chi connectivity index (χ3v) is 2.52. The van der Waals surface area contributed by atoms with E-state index in [0.717, 1.165) is 11.4 Å². The molecule has 2 heterocycles. The minimum atomic E-state index is -0.284. The number of carbonyl (C=O) groups is 1. The van der Waals surface area contributed by atoms with E-state index in [9.17, 15) is 4.79 Å². The first kappa shape index (κ1) is 12.3. The molecule has 0 bridgehead atoms. The highest BCUT2D eigenvalue weighted by molar-refractivity contribution is 5.93. The van der Waals surface area contributed by atoms with Crippen LogP contribution < -0.4 is 5.32 Å². The van der Waals surface area contributed by atoms with Gasteiger partial charge in [-0.2, -0.15) is 5.10 Å². The highest BCUT2D eigenvalue weighted by atomic mass is 16.6. The molecule has 96 valence electrons. The van der Waals surface area contributed by atoms with Crippen molar-refractivity contribution in [2.75, 3.05) is 0 Å². The summed E-state index contributed by atoms with van der Waals surface area (Å²) in [6.45, 7) is 5.52. The molecule has 2 N–H and O–H groups in total. The van der Waals surface area contributed by atoms with Crippen molar-refractivity contribution in [1.29, 1.82) is 0 Å². The average molecular weight is 249 g/mol. The Morgan fingerprint density at radius 2 is 2.28 bits per heavy atom. The molecule has 2 aromatic heterocycles. The van der Waals surface area contributed by atoms with Crippen molar-refractivity contribution in [1.82, 2.24) is 25.8 Å². The predicted molar refractivity (Wildman–Crippen MR) is 63.0 cm³/mol. The topological polar surface area (TPSA) is 96.7 Å². The number of nitrogens with one attached hydrogen (secondary N) is 2. The monoisotopic (exact) mass is 249 g/mol. The van der Waals surface area contributed by atoms with Crippen LogP contribution in [0.4, 0.5) is 0 Å². The number of hydrogen-bond donors (Lipinski definition) is 2. The van der Waals surface area contributed by atoms with Crippen LogP contribution in [0, 0.1) is 13.8 Å². The maximum atomic E-state index is 11.8.